The maximum absolute atomic E-state index is 13.0. The van der Waals surface area contributed by atoms with Crippen molar-refractivity contribution in [2.75, 3.05) is 38.7 Å². The van der Waals surface area contributed by atoms with Crippen LogP contribution in [0.4, 0.5) is 5.13 Å². The van der Waals surface area contributed by atoms with E-state index in [-0.39, 0.29) is 35.0 Å². The van der Waals surface area contributed by atoms with Gasteiger partial charge >= 0.3 is 0 Å². The first-order valence-electron chi connectivity index (χ1n) is 10.6. The van der Waals surface area contributed by atoms with Crippen LogP contribution >= 0.6 is 11.3 Å². The van der Waals surface area contributed by atoms with E-state index in [0.29, 0.717) is 26.3 Å². The Labute approximate surface area is 171 Å². The minimum Gasteiger partial charge on any atom is -0.392 e. The first kappa shape index (κ1) is 20.1. The molecule has 1 unspecified atom stereocenters. The van der Waals surface area contributed by atoms with Gasteiger partial charge in [0.1, 0.15) is 0 Å². The van der Waals surface area contributed by atoms with Gasteiger partial charge in [-0.15, -0.1) is 11.3 Å². The van der Waals surface area contributed by atoms with Crippen LogP contribution in [-0.2, 0) is 16.0 Å². The molecule has 6 atom stereocenters. The molecule has 0 bridgehead atoms. The largest absolute Gasteiger partial charge is 0.392 e. The van der Waals surface area contributed by atoms with Crippen LogP contribution in [0.5, 0.6) is 0 Å². The van der Waals surface area contributed by atoms with Gasteiger partial charge in [0.15, 0.2) is 5.13 Å². The molecule has 3 aliphatic rings. The number of carbonyl (C=O) groups excluding carboxylic acids is 1. The van der Waals surface area contributed by atoms with Gasteiger partial charge in [-0.25, -0.2) is 4.98 Å². The van der Waals surface area contributed by atoms with Crippen LogP contribution in [-0.4, -0.2) is 60.4 Å². The minimum absolute atomic E-state index is 0.0137. The number of thiazole rings is 1. The van der Waals surface area contributed by atoms with E-state index in [2.05, 4.69) is 19.2 Å². The fourth-order valence-corrected chi connectivity index (χ4v) is 7.13. The van der Waals surface area contributed by atoms with Crippen molar-refractivity contribution in [2.24, 2.45) is 23.2 Å². The van der Waals surface area contributed by atoms with Crippen molar-refractivity contribution in [1.29, 1.82) is 0 Å². The molecule has 1 aliphatic heterocycles. The average Bonchev–Trinajstić information content (AvgIpc) is 3.10. The smallest absolute Gasteiger partial charge is 0.225 e. The number of morpholine rings is 1. The predicted octanol–water partition coefficient (Wildman–Crippen LogP) is 2.73. The molecule has 4 rings (SSSR count). The maximum Gasteiger partial charge on any atom is 0.225 e. The summed E-state index contributed by atoms with van der Waals surface area (Å²) < 4.78 is 5.38. The molecule has 2 N–H and O–H groups in total. The number of hydrogen-bond donors (Lipinski definition) is 2. The lowest BCUT2D eigenvalue weighted by Crippen LogP contribution is -2.54. The van der Waals surface area contributed by atoms with Crippen molar-refractivity contribution >= 4 is 22.4 Å². The third-order valence-electron chi connectivity index (χ3n) is 7.49. The van der Waals surface area contributed by atoms with Gasteiger partial charge in [0.2, 0.25) is 5.91 Å². The van der Waals surface area contributed by atoms with Gasteiger partial charge in [0.05, 0.1) is 25.0 Å². The highest BCUT2D eigenvalue weighted by molar-refractivity contribution is 7.15. The third-order valence-corrected chi connectivity index (χ3v) is 8.58. The van der Waals surface area contributed by atoms with Crippen LogP contribution in [0, 0.1) is 23.2 Å². The Morgan fingerprint density at radius 3 is 2.82 bits per heavy atom. The van der Waals surface area contributed by atoms with Gasteiger partial charge in [-0.3, -0.25) is 4.79 Å². The molecular weight excluding hydrogens is 374 g/mol. The summed E-state index contributed by atoms with van der Waals surface area (Å²) >= 11 is 1.75. The number of nitrogens with one attached hydrogen (secondary N) is 1. The molecule has 1 amide bonds. The Kier molecular flexibility index (Phi) is 5.44. The standard InChI is InChI=1S/C21H33N3O3S/c1-12(19(26)24-7-9-27-10-8-24)14-5-6-21(3)11-15-17(23-20(22-4)28-15)13(2)16(21)18(14)25/h12-14,16,18,25H,5-11H2,1-4H3,(H,22,23)/t12-,13-,14?,16+,18-,21-/m0/s1. The second-order valence-corrected chi connectivity index (χ2v) is 10.2. The molecule has 1 aromatic heterocycles. The molecule has 6 nitrogen and oxygen atoms in total. The maximum atomic E-state index is 13.0. The lowest BCUT2D eigenvalue weighted by Gasteiger charge is -2.53. The summed E-state index contributed by atoms with van der Waals surface area (Å²) in [5.74, 6) is 0.377. The highest BCUT2D eigenvalue weighted by Crippen LogP contribution is 2.57. The molecular formula is C21H33N3O3S. The summed E-state index contributed by atoms with van der Waals surface area (Å²) in [4.78, 5) is 21.1. The first-order valence-corrected chi connectivity index (χ1v) is 11.4. The fraction of sp³-hybridized carbons (Fsp3) is 0.810. The van der Waals surface area contributed by atoms with Gasteiger partial charge in [-0.05, 0) is 36.5 Å². The quantitative estimate of drug-likeness (QED) is 0.806. The van der Waals surface area contributed by atoms with Crippen LogP contribution in [0.1, 0.15) is 50.1 Å². The Balaban J connectivity index is 1.56. The molecule has 0 spiro atoms. The Bertz CT molecular complexity index is 732. The molecule has 1 aromatic rings. The molecule has 28 heavy (non-hydrogen) atoms. The molecule has 2 aliphatic carbocycles. The molecule has 156 valence electrons. The summed E-state index contributed by atoms with van der Waals surface area (Å²) in [5.41, 5.74) is 1.21. The van der Waals surface area contributed by atoms with Crippen LogP contribution in [0.25, 0.3) is 0 Å². The number of fused-ring (bicyclic) bond motifs is 2. The van der Waals surface area contributed by atoms with Crippen molar-refractivity contribution in [3.05, 3.63) is 10.6 Å². The van der Waals surface area contributed by atoms with Crippen molar-refractivity contribution in [1.82, 2.24) is 9.88 Å². The molecule has 0 radical (unpaired) electrons. The second kappa shape index (κ2) is 7.58. The topological polar surface area (TPSA) is 74.7 Å². The lowest BCUT2D eigenvalue weighted by atomic mass is 9.53. The summed E-state index contributed by atoms with van der Waals surface area (Å²) in [6.45, 7) is 9.10. The van der Waals surface area contributed by atoms with E-state index < -0.39 is 6.10 Å². The Hall–Kier alpha value is -1.18. The number of aliphatic hydroxyl groups excluding tert-OH is 1. The summed E-state index contributed by atoms with van der Waals surface area (Å²) in [5, 5.41) is 15.6. The molecule has 1 saturated heterocycles. The number of aliphatic hydroxyl groups is 1. The number of ether oxygens (including phenoxy) is 1. The number of carbonyl (C=O) groups is 1. The van der Waals surface area contributed by atoms with Crippen molar-refractivity contribution in [3.8, 4) is 0 Å². The first-order chi connectivity index (χ1) is 13.4. The number of rotatable bonds is 3. The van der Waals surface area contributed by atoms with Crippen LogP contribution in [0.2, 0.25) is 0 Å². The van der Waals surface area contributed by atoms with Crippen LogP contribution in [0.3, 0.4) is 0 Å². The van der Waals surface area contributed by atoms with E-state index in [1.807, 2.05) is 18.9 Å². The fourth-order valence-electron chi connectivity index (χ4n) is 5.91. The summed E-state index contributed by atoms with van der Waals surface area (Å²) in [6.07, 6.45) is 2.47. The van der Waals surface area contributed by atoms with E-state index in [0.717, 1.165) is 30.1 Å². The zero-order chi connectivity index (χ0) is 20.1. The highest BCUT2D eigenvalue weighted by atomic mass is 32.1. The molecule has 7 heteroatoms. The van der Waals surface area contributed by atoms with E-state index in [4.69, 9.17) is 9.72 Å². The van der Waals surface area contributed by atoms with Gasteiger partial charge in [0, 0.05) is 36.9 Å². The summed E-state index contributed by atoms with van der Waals surface area (Å²) in [7, 11) is 1.91. The highest BCUT2D eigenvalue weighted by Gasteiger charge is 2.54. The van der Waals surface area contributed by atoms with Crippen molar-refractivity contribution in [2.45, 2.75) is 52.1 Å². The third kappa shape index (κ3) is 3.25. The number of anilines is 1. The predicted molar refractivity (Wildman–Crippen MR) is 111 cm³/mol. The number of hydrogen-bond acceptors (Lipinski definition) is 6. The van der Waals surface area contributed by atoms with E-state index in [9.17, 15) is 9.90 Å². The Morgan fingerprint density at radius 1 is 1.43 bits per heavy atom. The van der Waals surface area contributed by atoms with Crippen molar-refractivity contribution in [3.63, 3.8) is 0 Å². The van der Waals surface area contributed by atoms with Gasteiger partial charge in [0.25, 0.3) is 0 Å². The van der Waals surface area contributed by atoms with E-state index >= 15 is 0 Å². The van der Waals surface area contributed by atoms with Crippen LogP contribution < -0.4 is 5.32 Å². The lowest BCUT2D eigenvalue weighted by molar-refractivity contribution is -0.148. The SMILES string of the molecule is CNc1nc2c(s1)C[C@]1(C)CCC([C@H](C)C(=O)N3CCOCC3)[C@H](O)[C@H]1[C@@H]2C. The van der Waals surface area contributed by atoms with Gasteiger partial charge in [-0.1, -0.05) is 20.8 Å². The average molecular weight is 408 g/mol. The molecule has 1 saturated carbocycles. The zero-order valence-corrected chi connectivity index (χ0v) is 18.2. The van der Waals surface area contributed by atoms with E-state index in [1.165, 1.54) is 4.88 Å². The molecule has 2 heterocycles. The number of nitrogens with zero attached hydrogens (tertiary/aromatic N) is 2. The number of aromatic nitrogens is 1. The number of amides is 1. The van der Waals surface area contributed by atoms with Gasteiger partial charge < -0.3 is 20.1 Å². The Morgan fingerprint density at radius 2 is 2.14 bits per heavy atom. The van der Waals surface area contributed by atoms with Crippen molar-refractivity contribution < 1.29 is 14.6 Å². The molecule has 2 fully saturated rings. The normalized spacial score (nSPS) is 36.4. The van der Waals surface area contributed by atoms with E-state index in [1.54, 1.807) is 11.3 Å². The van der Waals surface area contributed by atoms with Crippen LogP contribution in [0.15, 0.2) is 0 Å². The van der Waals surface area contributed by atoms with Gasteiger partial charge in [-0.2, -0.15) is 0 Å². The monoisotopic (exact) mass is 407 g/mol. The molecule has 0 aromatic carbocycles. The summed E-state index contributed by atoms with van der Waals surface area (Å²) in [6, 6.07) is 0. The minimum atomic E-state index is -0.471. The zero-order valence-electron chi connectivity index (χ0n) is 17.4. The second-order valence-electron chi connectivity index (χ2n) is 9.14.